The van der Waals surface area contributed by atoms with Crippen molar-refractivity contribution in [2.45, 2.75) is 32.6 Å². The SMILES string of the molecule is CCCCNc1cc(N2CCCC(CO)C2)ncn1. The summed E-state index contributed by atoms with van der Waals surface area (Å²) >= 11 is 0. The Kier molecular flexibility index (Phi) is 5.39. The molecule has 2 N–H and O–H groups in total. The molecule has 2 rings (SSSR count). The molecule has 1 unspecified atom stereocenters. The van der Waals surface area contributed by atoms with Crippen LogP contribution < -0.4 is 10.2 Å². The number of rotatable bonds is 6. The van der Waals surface area contributed by atoms with Crippen LogP contribution in [0.3, 0.4) is 0 Å². The lowest BCUT2D eigenvalue weighted by Crippen LogP contribution is -2.37. The van der Waals surface area contributed by atoms with Gasteiger partial charge in [-0.05, 0) is 25.2 Å². The normalized spacial score (nSPS) is 19.5. The summed E-state index contributed by atoms with van der Waals surface area (Å²) in [6, 6.07) is 2.01. The molecular formula is C14H24N4O. The second-order valence-electron chi connectivity index (χ2n) is 5.18. The number of nitrogens with one attached hydrogen (secondary N) is 1. The number of aliphatic hydroxyl groups excluding tert-OH is 1. The van der Waals surface area contributed by atoms with E-state index in [9.17, 15) is 5.11 Å². The van der Waals surface area contributed by atoms with Gasteiger partial charge in [0.15, 0.2) is 0 Å². The molecule has 19 heavy (non-hydrogen) atoms. The lowest BCUT2D eigenvalue weighted by Gasteiger charge is -2.32. The zero-order valence-electron chi connectivity index (χ0n) is 11.7. The van der Waals surface area contributed by atoms with Gasteiger partial charge in [-0.25, -0.2) is 9.97 Å². The zero-order valence-corrected chi connectivity index (χ0v) is 11.7. The van der Waals surface area contributed by atoms with E-state index in [0.29, 0.717) is 5.92 Å². The highest BCUT2D eigenvalue weighted by atomic mass is 16.3. The van der Waals surface area contributed by atoms with Gasteiger partial charge in [-0.15, -0.1) is 0 Å². The fourth-order valence-corrected chi connectivity index (χ4v) is 2.43. The van der Waals surface area contributed by atoms with Crippen LogP contribution in [0.1, 0.15) is 32.6 Å². The molecule has 0 saturated carbocycles. The number of piperidine rings is 1. The molecule has 0 aliphatic carbocycles. The van der Waals surface area contributed by atoms with Crippen LogP contribution in [0, 0.1) is 5.92 Å². The lowest BCUT2D eigenvalue weighted by molar-refractivity contribution is 0.208. The van der Waals surface area contributed by atoms with Crippen molar-refractivity contribution in [1.82, 2.24) is 9.97 Å². The Morgan fingerprint density at radius 3 is 3.16 bits per heavy atom. The monoisotopic (exact) mass is 264 g/mol. The minimum absolute atomic E-state index is 0.267. The first-order valence-electron chi connectivity index (χ1n) is 7.25. The van der Waals surface area contributed by atoms with Gasteiger partial charge in [0.05, 0.1) is 0 Å². The highest BCUT2D eigenvalue weighted by molar-refractivity contribution is 5.48. The van der Waals surface area contributed by atoms with Gasteiger partial charge in [0, 0.05) is 32.3 Å². The van der Waals surface area contributed by atoms with E-state index < -0.39 is 0 Å². The van der Waals surface area contributed by atoms with Crippen LogP contribution in [0.25, 0.3) is 0 Å². The second-order valence-corrected chi connectivity index (χ2v) is 5.18. The van der Waals surface area contributed by atoms with Crippen LogP contribution in [-0.4, -0.2) is 41.3 Å². The van der Waals surface area contributed by atoms with Crippen LogP contribution in [0.5, 0.6) is 0 Å². The first-order chi connectivity index (χ1) is 9.33. The van der Waals surface area contributed by atoms with Crippen molar-refractivity contribution >= 4 is 11.6 Å². The molecule has 0 radical (unpaired) electrons. The smallest absolute Gasteiger partial charge is 0.134 e. The number of hydrogen-bond donors (Lipinski definition) is 2. The van der Waals surface area contributed by atoms with Crippen LogP contribution in [-0.2, 0) is 0 Å². The molecule has 0 amide bonds. The van der Waals surface area contributed by atoms with E-state index in [1.807, 2.05) is 6.07 Å². The molecule has 1 atom stereocenters. The van der Waals surface area contributed by atoms with E-state index in [1.165, 1.54) is 6.42 Å². The van der Waals surface area contributed by atoms with Crippen LogP contribution in [0.15, 0.2) is 12.4 Å². The first kappa shape index (κ1) is 14.1. The van der Waals surface area contributed by atoms with Crippen molar-refractivity contribution in [2.24, 2.45) is 5.92 Å². The van der Waals surface area contributed by atoms with E-state index >= 15 is 0 Å². The van der Waals surface area contributed by atoms with E-state index in [-0.39, 0.29) is 6.61 Å². The molecule has 106 valence electrons. The van der Waals surface area contributed by atoms with Crippen molar-refractivity contribution in [3.8, 4) is 0 Å². The Hall–Kier alpha value is -1.36. The summed E-state index contributed by atoms with van der Waals surface area (Å²) in [5.41, 5.74) is 0. The number of nitrogens with zero attached hydrogens (tertiary/aromatic N) is 3. The third-order valence-corrected chi connectivity index (χ3v) is 3.59. The number of aromatic nitrogens is 2. The molecule has 1 aliphatic rings. The van der Waals surface area contributed by atoms with Crippen molar-refractivity contribution in [1.29, 1.82) is 0 Å². The highest BCUT2D eigenvalue weighted by Gasteiger charge is 2.20. The minimum atomic E-state index is 0.267. The largest absolute Gasteiger partial charge is 0.396 e. The third-order valence-electron chi connectivity index (χ3n) is 3.59. The number of unbranched alkanes of at least 4 members (excludes halogenated alkanes) is 1. The third kappa shape index (κ3) is 4.06. The highest BCUT2D eigenvalue weighted by Crippen LogP contribution is 2.22. The van der Waals surface area contributed by atoms with Crippen LogP contribution in [0.2, 0.25) is 0 Å². The van der Waals surface area contributed by atoms with E-state index in [4.69, 9.17) is 0 Å². The molecule has 0 aromatic carbocycles. The van der Waals surface area contributed by atoms with Gasteiger partial charge in [0.1, 0.15) is 18.0 Å². The van der Waals surface area contributed by atoms with Gasteiger partial charge in [-0.3, -0.25) is 0 Å². The molecule has 5 heteroatoms. The fraction of sp³-hybridized carbons (Fsp3) is 0.714. The quantitative estimate of drug-likeness (QED) is 0.768. The topological polar surface area (TPSA) is 61.3 Å². The summed E-state index contributed by atoms with van der Waals surface area (Å²) in [5, 5.41) is 12.6. The van der Waals surface area contributed by atoms with Gasteiger partial charge >= 0.3 is 0 Å². The average Bonchev–Trinajstić information content (AvgIpc) is 2.48. The Balaban J connectivity index is 1.97. The predicted molar refractivity (Wildman–Crippen MR) is 77.5 cm³/mol. The maximum absolute atomic E-state index is 9.28. The summed E-state index contributed by atoms with van der Waals surface area (Å²) in [6.45, 7) is 5.30. The van der Waals surface area contributed by atoms with Gasteiger partial charge in [0.2, 0.25) is 0 Å². The molecule has 0 spiro atoms. The maximum Gasteiger partial charge on any atom is 0.134 e. The van der Waals surface area contributed by atoms with E-state index in [1.54, 1.807) is 6.33 Å². The summed E-state index contributed by atoms with van der Waals surface area (Å²) in [5.74, 6) is 2.23. The zero-order chi connectivity index (χ0) is 13.5. The van der Waals surface area contributed by atoms with Crippen molar-refractivity contribution < 1.29 is 5.11 Å². The van der Waals surface area contributed by atoms with Gasteiger partial charge in [-0.2, -0.15) is 0 Å². The second kappa shape index (κ2) is 7.28. The van der Waals surface area contributed by atoms with E-state index in [2.05, 4.69) is 27.1 Å². The van der Waals surface area contributed by atoms with Gasteiger partial charge < -0.3 is 15.3 Å². The molecule has 1 aliphatic heterocycles. The van der Waals surface area contributed by atoms with Gasteiger partial charge in [-0.1, -0.05) is 13.3 Å². The summed E-state index contributed by atoms with van der Waals surface area (Å²) in [7, 11) is 0. The maximum atomic E-state index is 9.28. The number of anilines is 2. The number of aliphatic hydroxyl groups is 1. The average molecular weight is 264 g/mol. The van der Waals surface area contributed by atoms with Crippen molar-refractivity contribution in [3.63, 3.8) is 0 Å². The summed E-state index contributed by atoms with van der Waals surface area (Å²) < 4.78 is 0. The lowest BCUT2D eigenvalue weighted by atomic mass is 9.99. The standard InChI is InChI=1S/C14H24N4O/c1-2-3-6-15-13-8-14(17-11-16-13)18-7-4-5-12(9-18)10-19/h8,11-12,19H,2-7,9-10H2,1H3,(H,15,16,17). The van der Waals surface area contributed by atoms with Crippen molar-refractivity contribution in [3.05, 3.63) is 12.4 Å². The fourth-order valence-electron chi connectivity index (χ4n) is 2.43. The predicted octanol–water partition coefficient (Wildman–Crippen LogP) is 1.90. The van der Waals surface area contributed by atoms with Crippen molar-refractivity contribution in [2.75, 3.05) is 36.5 Å². The molecule has 1 saturated heterocycles. The minimum Gasteiger partial charge on any atom is -0.396 e. The van der Waals surface area contributed by atoms with Crippen LogP contribution >= 0.6 is 0 Å². The molecule has 1 fully saturated rings. The molecular weight excluding hydrogens is 240 g/mol. The summed E-state index contributed by atoms with van der Waals surface area (Å²) in [6.07, 6.45) is 6.17. The van der Waals surface area contributed by atoms with E-state index in [0.717, 1.165) is 50.5 Å². The Morgan fingerprint density at radius 1 is 1.47 bits per heavy atom. The Bertz CT molecular complexity index is 385. The molecule has 0 bridgehead atoms. The van der Waals surface area contributed by atoms with Crippen LogP contribution in [0.4, 0.5) is 11.6 Å². The molecule has 1 aromatic rings. The molecule has 5 nitrogen and oxygen atoms in total. The van der Waals surface area contributed by atoms with Gasteiger partial charge in [0.25, 0.3) is 0 Å². The first-order valence-corrected chi connectivity index (χ1v) is 7.25. The number of hydrogen-bond acceptors (Lipinski definition) is 5. The Morgan fingerprint density at radius 2 is 2.37 bits per heavy atom. The molecule has 1 aromatic heterocycles. The Labute approximate surface area is 115 Å². The molecule has 2 heterocycles. The summed E-state index contributed by atoms with van der Waals surface area (Å²) in [4.78, 5) is 10.8.